The van der Waals surface area contributed by atoms with E-state index in [-0.39, 0.29) is 29.7 Å². The number of imidazole rings is 1. The first-order valence-corrected chi connectivity index (χ1v) is 11.9. The Kier molecular flexibility index (Phi) is 5.72. The maximum Gasteiger partial charge on any atom is 0.332 e. The SMILES string of the molecule is COc1cc2c(cc1OC)[C@@H](c1cccs1)N(C(=O)Cn1cnc3c1c(=O)n(C)c(=O)n3C)CC2. The summed E-state index contributed by atoms with van der Waals surface area (Å²) in [4.78, 5) is 45.9. The average molecular weight is 496 g/mol. The molecule has 5 rings (SSSR count). The van der Waals surface area contributed by atoms with Crippen molar-refractivity contribution in [3.05, 3.63) is 72.8 Å². The highest BCUT2D eigenvalue weighted by atomic mass is 32.1. The van der Waals surface area contributed by atoms with Crippen molar-refractivity contribution in [3.8, 4) is 11.5 Å². The second-order valence-corrected chi connectivity index (χ2v) is 9.39. The van der Waals surface area contributed by atoms with Gasteiger partial charge in [-0.25, -0.2) is 9.78 Å². The van der Waals surface area contributed by atoms with Gasteiger partial charge in [-0.1, -0.05) is 6.07 Å². The Labute approximate surface area is 204 Å². The highest BCUT2D eigenvalue weighted by Gasteiger charge is 2.34. The summed E-state index contributed by atoms with van der Waals surface area (Å²) in [5, 5.41) is 1.99. The minimum absolute atomic E-state index is 0.0750. The van der Waals surface area contributed by atoms with Crippen LogP contribution in [0.2, 0.25) is 0 Å². The van der Waals surface area contributed by atoms with E-state index in [9.17, 15) is 14.4 Å². The van der Waals surface area contributed by atoms with E-state index in [4.69, 9.17) is 9.47 Å². The van der Waals surface area contributed by atoms with Crippen LogP contribution in [0.4, 0.5) is 0 Å². The van der Waals surface area contributed by atoms with Crippen molar-refractivity contribution in [1.82, 2.24) is 23.6 Å². The zero-order valence-electron chi connectivity index (χ0n) is 19.8. The molecule has 4 heterocycles. The second-order valence-electron chi connectivity index (χ2n) is 8.41. The van der Waals surface area contributed by atoms with E-state index in [1.807, 2.05) is 34.5 Å². The summed E-state index contributed by atoms with van der Waals surface area (Å²) in [6, 6.07) is 7.60. The minimum Gasteiger partial charge on any atom is -0.493 e. The molecule has 1 amide bonds. The standard InChI is InChI=1S/C24H25N5O5S/c1-26-22-21(23(31)27(2)24(26)32)28(13-25-22)12-19(30)29-8-7-14-10-16(33-3)17(34-4)11-15(14)20(29)18-6-5-9-35-18/h5-6,9-11,13,20H,7-8,12H2,1-4H3/t20-/m0/s1. The monoisotopic (exact) mass is 495 g/mol. The normalized spacial score (nSPS) is 15.3. The van der Waals surface area contributed by atoms with Crippen molar-refractivity contribution >= 4 is 28.4 Å². The first-order valence-electron chi connectivity index (χ1n) is 11.0. The molecule has 1 atom stereocenters. The third-order valence-electron chi connectivity index (χ3n) is 6.53. The topological polar surface area (TPSA) is 101 Å². The largest absolute Gasteiger partial charge is 0.493 e. The Morgan fingerprint density at radius 3 is 2.57 bits per heavy atom. The van der Waals surface area contributed by atoms with Crippen molar-refractivity contribution in [2.45, 2.75) is 19.0 Å². The number of hydrogen-bond acceptors (Lipinski definition) is 7. The van der Waals surface area contributed by atoms with Crippen LogP contribution in [0.3, 0.4) is 0 Å². The van der Waals surface area contributed by atoms with Gasteiger partial charge in [0.1, 0.15) is 6.54 Å². The number of benzene rings is 1. The molecular weight excluding hydrogens is 470 g/mol. The minimum atomic E-state index is -0.482. The van der Waals surface area contributed by atoms with E-state index in [0.717, 1.165) is 20.6 Å². The van der Waals surface area contributed by atoms with Gasteiger partial charge in [0.2, 0.25) is 5.91 Å². The Bertz CT molecular complexity index is 1550. The number of carbonyl (C=O) groups excluding carboxylic acids is 1. The summed E-state index contributed by atoms with van der Waals surface area (Å²) in [6.07, 6.45) is 2.10. The fourth-order valence-corrected chi connectivity index (χ4v) is 5.58. The fraction of sp³-hybridized carbons (Fsp3) is 0.333. The van der Waals surface area contributed by atoms with Crippen molar-refractivity contribution in [2.24, 2.45) is 14.1 Å². The molecular formula is C24H25N5O5S. The number of ether oxygens (including phenoxy) is 2. The van der Waals surface area contributed by atoms with E-state index in [1.165, 1.54) is 22.5 Å². The molecule has 0 radical (unpaired) electrons. The number of hydrogen-bond donors (Lipinski definition) is 0. The van der Waals surface area contributed by atoms with Gasteiger partial charge in [0.15, 0.2) is 22.7 Å². The second kappa shape index (κ2) is 8.73. The lowest BCUT2D eigenvalue weighted by Crippen LogP contribution is -2.42. The van der Waals surface area contributed by atoms with Gasteiger partial charge in [0.05, 0.1) is 26.6 Å². The molecule has 1 aromatic carbocycles. The molecule has 4 aromatic rings. The maximum atomic E-state index is 13.7. The summed E-state index contributed by atoms with van der Waals surface area (Å²) < 4.78 is 14.9. The quantitative estimate of drug-likeness (QED) is 0.418. The Morgan fingerprint density at radius 1 is 1.14 bits per heavy atom. The van der Waals surface area contributed by atoms with E-state index in [2.05, 4.69) is 4.98 Å². The number of rotatable bonds is 5. The third-order valence-corrected chi connectivity index (χ3v) is 7.45. The van der Waals surface area contributed by atoms with Crippen LogP contribution in [0, 0.1) is 0 Å². The van der Waals surface area contributed by atoms with E-state index in [1.54, 1.807) is 32.6 Å². The lowest BCUT2D eigenvalue weighted by atomic mass is 9.90. The lowest BCUT2D eigenvalue weighted by molar-refractivity contribution is -0.133. The molecule has 0 saturated heterocycles. The molecule has 0 aliphatic carbocycles. The number of carbonyl (C=O) groups is 1. The molecule has 182 valence electrons. The van der Waals surface area contributed by atoms with Crippen LogP contribution in [0.25, 0.3) is 11.2 Å². The molecule has 3 aromatic heterocycles. The zero-order chi connectivity index (χ0) is 24.9. The number of nitrogens with zero attached hydrogens (tertiary/aromatic N) is 5. The molecule has 35 heavy (non-hydrogen) atoms. The lowest BCUT2D eigenvalue weighted by Gasteiger charge is -2.37. The summed E-state index contributed by atoms with van der Waals surface area (Å²) in [5.74, 6) is 1.11. The predicted octanol–water partition coefficient (Wildman–Crippen LogP) is 1.69. The van der Waals surface area contributed by atoms with Gasteiger partial charge >= 0.3 is 5.69 Å². The molecule has 0 unspecified atom stereocenters. The number of methoxy groups -OCH3 is 2. The van der Waals surface area contributed by atoms with E-state index in [0.29, 0.717) is 24.5 Å². The van der Waals surface area contributed by atoms with Crippen molar-refractivity contribution in [3.63, 3.8) is 0 Å². The third kappa shape index (κ3) is 3.63. The van der Waals surface area contributed by atoms with Crippen LogP contribution in [0.1, 0.15) is 22.0 Å². The van der Waals surface area contributed by atoms with E-state index < -0.39 is 11.2 Å². The number of aromatic nitrogens is 4. The highest BCUT2D eigenvalue weighted by Crippen LogP contribution is 2.42. The van der Waals surface area contributed by atoms with Gasteiger partial charge < -0.3 is 18.9 Å². The van der Waals surface area contributed by atoms with E-state index >= 15 is 0 Å². The molecule has 1 aliphatic rings. The first kappa shape index (κ1) is 22.9. The molecule has 0 spiro atoms. The van der Waals surface area contributed by atoms with Crippen molar-refractivity contribution in [2.75, 3.05) is 20.8 Å². The summed E-state index contributed by atoms with van der Waals surface area (Å²) in [6.45, 7) is 0.432. The number of thiophene rings is 1. The van der Waals surface area contributed by atoms with Crippen molar-refractivity contribution < 1.29 is 14.3 Å². The van der Waals surface area contributed by atoms with Gasteiger partial charge in [-0.3, -0.25) is 18.7 Å². The van der Waals surface area contributed by atoms with Gasteiger partial charge in [-0.05, 0) is 41.1 Å². The van der Waals surface area contributed by atoms with Crippen LogP contribution >= 0.6 is 11.3 Å². The summed E-state index contributed by atoms with van der Waals surface area (Å²) in [5.41, 5.74) is 1.61. The molecule has 0 bridgehead atoms. The zero-order valence-corrected chi connectivity index (χ0v) is 20.7. The Balaban J connectivity index is 1.57. The van der Waals surface area contributed by atoms with Gasteiger partial charge in [0.25, 0.3) is 5.56 Å². The average Bonchev–Trinajstić information content (AvgIpc) is 3.55. The van der Waals surface area contributed by atoms with Crippen molar-refractivity contribution in [1.29, 1.82) is 0 Å². The highest BCUT2D eigenvalue weighted by molar-refractivity contribution is 7.10. The molecule has 0 N–H and O–H groups in total. The summed E-state index contributed by atoms with van der Waals surface area (Å²) >= 11 is 1.58. The van der Waals surface area contributed by atoms with Crippen LogP contribution in [-0.4, -0.2) is 50.3 Å². The molecule has 0 saturated carbocycles. The van der Waals surface area contributed by atoms with Gasteiger partial charge in [0, 0.05) is 25.5 Å². The number of amides is 1. The molecule has 0 fully saturated rings. The predicted molar refractivity (Wildman–Crippen MR) is 131 cm³/mol. The Hall–Kier alpha value is -3.86. The first-order chi connectivity index (χ1) is 16.8. The molecule has 10 nitrogen and oxygen atoms in total. The maximum absolute atomic E-state index is 13.7. The van der Waals surface area contributed by atoms with Gasteiger partial charge in [-0.15, -0.1) is 11.3 Å². The molecule has 11 heteroatoms. The van der Waals surface area contributed by atoms with Crippen LogP contribution in [-0.2, 0) is 31.9 Å². The Morgan fingerprint density at radius 2 is 1.89 bits per heavy atom. The molecule has 1 aliphatic heterocycles. The smallest absolute Gasteiger partial charge is 0.332 e. The van der Waals surface area contributed by atoms with Crippen LogP contribution in [0.5, 0.6) is 11.5 Å². The number of fused-ring (bicyclic) bond motifs is 2. The number of aryl methyl sites for hydroxylation is 1. The van der Waals surface area contributed by atoms with Crippen LogP contribution in [0.15, 0.2) is 45.6 Å². The van der Waals surface area contributed by atoms with Gasteiger partial charge in [-0.2, -0.15) is 0 Å². The fourth-order valence-electron chi connectivity index (χ4n) is 4.72. The van der Waals surface area contributed by atoms with Crippen LogP contribution < -0.4 is 20.7 Å². The summed E-state index contributed by atoms with van der Waals surface area (Å²) in [7, 11) is 6.17.